The van der Waals surface area contributed by atoms with Crippen LogP contribution in [0.2, 0.25) is 0 Å². The molecule has 0 bridgehead atoms. The summed E-state index contributed by atoms with van der Waals surface area (Å²) >= 11 is 0. The van der Waals surface area contributed by atoms with Crippen molar-refractivity contribution in [2.24, 2.45) is 0 Å². The standard InChI is InChI=1S/C79H143NO18/c1-3-5-7-9-11-13-15-17-18-19-20-21-22-23-24-25-26-27-28-29-30-31-32-33-34-35-36-37-38-39-40-41-42-43-44-45-47-49-51-53-55-57-67(85)80-62(63(84)56-54-52-50-48-46-16-14-12-10-8-6-4-2)61-93-77-73(91)70(88)75(65(59-82)95-77)98-79-74(92)71(89)76(66(60-83)96-79)97-78-72(90)69(87)68(86)64(58-81)94-78/h5,7,11,13,17-18,20-21,23-24,62-66,68-79,81-84,86-92H,3-4,6,8-10,12,14-16,19,22,25-61H2,1-2H3,(H,80,85)/b7-5-,13-11-,18-17-,21-20-,24-23-. The maximum atomic E-state index is 13.4. The van der Waals surface area contributed by atoms with Crippen LogP contribution in [0.5, 0.6) is 0 Å². The van der Waals surface area contributed by atoms with E-state index >= 15 is 0 Å². The summed E-state index contributed by atoms with van der Waals surface area (Å²) < 4.78 is 34.4. The molecular weight excluding hydrogens is 1250 g/mol. The molecule has 0 aromatic heterocycles. The highest BCUT2D eigenvalue weighted by atomic mass is 16.8. The summed E-state index contributed by atoms with van der Waals surface area (Å²) in [4.78, 5) is 13.4. The summed E-state index contributed by atoms with van der Waals surface area (Å²) in [6.45, 7) is 1.69. The van der Waals surface area contributed by atoms with Crippen LogP contribution < -0.4 is 5.32 Å². The number of hydrogen-bond donors (Lipinski definition) is 12. The van der Waals surface area contributed by atoms with Crippen molar-refractivity contribution in [3.05, 3.63) is 60.8 Å². The Balaban J connectivity index is 1.26. The number of nitrogens with one attached hydrogen (secondary N) is 1. The number of hydrogen-bond acceptors (Lipinski definition) is 18. The van der Waals surface area contributed by atoms with E-state index in [1.165, 1.54) is 193 Å². The molecule has 98 heavy (non-hydrogen) atoms. The Morgan fingerprint density at radius 1 is 0.378 bits per heavy atom. The van der Waals surface area contributed by atoms with Gasteiger partial charge in [0.15, 0.2) is 18.9 Å². The SMILES string of the molecule is CC/C=C\C/C=C\C/C=C\C/C=C\C/C=C\CCCCCCCCCCCCCCCCCCCCCCCCCCCC(=O)NC(COC1OC(CO)C(OC2OC(CO)C(OC3OC(CO)C(O)C(O)C3O)C(O)C2O)C(O)C1O)C(O)CCCCCCCCCCCCCC. The normalized spacial score (nSPS) is 27.1. The number of amides is 1. The number of ether oxygens (including phenoxy) is 6. The first-order valence-electron chi connectivity index (χ1n) is 39.5. The van der Waals surface area contributed by atoms with E-state index in [4.69, 9.17) is 28.4 Å². The van der Waals surface area contributed by atoms with Crippen molar-refractivity contribution < 1.29 is 89.4 Å². The lowest BCUT2D eigenvalue weighted by molar-refractivity contribution is -0.379. The highest BCUT2D eigenvalue weighted by Gasteiger charge is 2.54. The number of aliphatic hydroxyl groups is 11. The predicted molar refractivity (Wildman–Crippen MR) is 388 cm³/mol. The summed E-state index contributed by atoms with van der Waals surface area (Å²) in [6.07, 6.45) is 49.2. The van der Waals surface area contributed by atoms with Crippen LogP contribution in [-0.4, -0.2) is 193 Å². The van der Waals surface area contributed by atoms with Crippen LogP contribution in [0.4, 0.5) is 0 Å². The minimum absolute atomic E-state index is 0.239. The molecule has 3 aliphatic rings. The highest BCUT2D eigenvalue weighted by Crippen LogP contribution is 2.33. The Kier molecular flexibility index (Phi) is 54.8. The van der Waals surface area contributed by atoms with Crippen molar-refractivity contribution in [1.29, 1.82) is 0 Å². The summed E-state index contributed by atoms with van der Waals surface area (Å²) in [5.74, 6) is -0.239. The van der Waals surface area contributed by atoms with Gasteiger partial charge >= 0.3 is 0 Å². The van der Waals surface area contributed by atoms with Crippen LogP contribution in [-0.2, 0) is 33.2 Å². The molecule has 0 aromatic carbocycles. The van der Waals surface area contributed by atoms with Crippen molar-refractivity contribution in [3.63, 3.8) is 0 Å². The molecule has 19 nitrogen and oxygen atoms in total. The molecule has 12 N–H and O–H groups in total. The molecule has 0 spiro atoms. The van der Waals surface area contributed by atoms with Crippen LogP contribution >= 0.6 is 0 Å². The fourth-order valence-corrected chi connectivity index (χ4v) is 13.3. The third-order valence-electron chi connectivity index (χ3n) is 19.6. The molecule has 1 amide bonds. The van der Waals surface area contributed by atoms with Crippen LogP contribution in [0.25, 0.3) is 0 Å². The van der Waals surface area contributed by atoms with Gasteiger partial charge in [-0.05, 0) is 57.8 Å². The number of rotatable bonds is 62. The van der Waals surface area contributed by atoms with Crippen molar-refractivity contribution >= 4 is 5.91 Å². The monoisotopic (exact) mass is 1390 g/mol. The zero-order valence-electron chi connectivity index (χ0n) is 61.0. The molecule has 0 saturated carbocycles. The van der Waals surface area contributed by atoms with E-state index in [-0.39, 0.29) is 18.9 Å². The molecule has 19 heteroatoms. The van der Waals surface area contributed by atoms with Gasteiger partial charge in [0.05, 0.1) is 38.6 Å². The predicted octanol–water partition coefficient (Wildman–Crippen LogP) is 12.7. The third kappa shape index (κ3) is 39.9. The lowest BCUT2D eigenvalue weighted by Crippen LogP contribution is -2.66. The smallest absolute Gasteiger partial charge is 0.220 e. The average Bonchev–Trinajstić information content (AvgIpc) is 0.785. The molecule has 0 aromatic rings. The van der Waals surface area contributed by atoms with Gasteiger partial charge in [0.25, 0.3) is 0 Å². The molecule has 3 heterocycles. The van der Waals surface area contributed by atoms with E-state index in [0.29, 0.717) is 12.8 Å². The van der Waals surface area contributed by atoms with Gasteiger partial charge in [-0.15, -0.1) is 0 Å². The summed E-state index contributed by atoms with van der Waals surface area (Å²) in [5, 5.41) is 121. The maximum Gasteiger partial charge on any atom is 0.220 e. The van der Waals surface area contributed by atoms with Crippen LogP contribution in [0.15, 0.2) is 60.8 Å². The third-order valence-corrected chi connectivity index (χ3v) is 19.6. The van der Waals surface area contributed by atoms with Gasteiger partial charge in [-0.25, -0.2) is 0 Å². The number of carbonyl (C=O) groups is 1. The molecule has 3 saturated heterocycles. The second-order valence-corrected chi connectivity index (χ2v) is 28.2. The van der Waals surface area contributed by atoms with Gasteiger partial charge in [0.1, 0.15) is 73.2 Å². The number of aliphatic hydroxyl groups excluding tert-OH is 11. The number of allylic oxidation sites excluding steroid dienone is 10. The zero-order chi connectivity index (χ0) is 71.1. The van der Waals surface area contributed by atoms with Gasteiger partial charge in [-0.3, -0.25) is 4.79 Å². The molecule has 3 aliphatic heterocycles. The molecular formula is C79H143NO18. The lowest BCUT2D eigenvalue weighted by atomic mass is 9.96. The first-order chi connectivity index (χ1) is 47.8. The fourth-order valence-electron chi connectivity index (χ4n) is 13.3. The van der Waals surface area contributed by atoms with E-state index in [0.717, 1.165) is 77.0 Å². The molecule has 0 aliphatic carbocycles. The van der Waals surface area contributed by atoms with Crippen molar-refractivity contribution in [2.45, 2.75) is 407 Å². The molecule has 3 rings (SSSR count). The molecule has 17 atom stereocenters. The second-order valence-electron chi connectivity index (χ2n) is 28.2. The van der Waals surface area contributed by atoms with E-state index in [1.54, 1.807) is 0 Å². The quantitative estimate of drug-likeness (QED) is 0.0199. The molecule has 17 unspecified atom stereocenters. The first kappa shape index (κ1) is 89.7. The van der Waals surface area contributed by atoms with Gasteiger partial charge in [0.2, 0.25) is 5.91 Å². The average molecular weight is 1400 g/mol. The van der Waals surface area contributed by atoms with Gasteiger partial charge < -0.3 is 89.9 Å². The number of carbonyl (C=O) groups excluding carboxylic acids is 1. The molecule has 0 radical (unpaired) electrons. The van der Waals surface area contributed by atoms with Crippen LogP contribution in [0.1, 0.15) is 303 Å². The Bertz CT molecular complexity index is 2010. The molecule has 3 fully saturated rings. The summed E-state index contributed by atoms with van der Waals surface area (Å²) in [7, 11) is 0. The Morgan fingerprint density at radius 3 is 1.10 bits per heavy atom. The van der Waals surface area contributed by atoms with E-state index < -0.39 is 124 Å². The van der Waals surface area contributed by atoms with Crippen molar-refractivity contribution in [2.75, 3.05) is 26.4 Å². The minimum atomic E-state index is -1.97. The maximum absolute atomic E-state index is 13.4. The van der Waals surface area contributed by atoms with Crippen LogP contribution in [0.3, 0.4) is 0 Å². The zero-order valence-corrected chi connectivity index (χ0v) is 61.0. The first-order valence-corrected chi connectivity index (χ1v) is 39.5. The van der Waals surface area contributed by atoms with Crippen molar-refractivity contribution in [1.82, 2.24) is 5.32 Å². The van der Waals surface area contributed by atoms with E-state index in [9.17, 15) is 61.0 Å². The second kappa shape index (κ2) is 59.8. The van der Waals surface area contributed by atoms with Gasteiger partial charge in [-0.1, -0.05) is 299 Å². The van der Waals surface area contributed by atoms with Crippen LogP contribution in [0, 0.1) is 0 Å². The Labute approximate surface area is 592 Å². The van der Waals surface area contributed by atoms with Crippen molar-refractivity contribution in [3.8, 4) is 0 Å². The Morgan fingerprint density at radius 2 is 0.704 bits per heavy atom. The summed E-state index contributed by atoms with van der Waals surface area (Å²) in [5.41, 5.74) is 0. The Hall–Kier alpha value is -2.51. The lowest BCUT2D eigenvalue weighted by Gasteiger charge is -2.48. The van der Waals surface area contributed by atoms with E-state index in [2.05, 4.69) is 79.9 Å². The van der Waals surface area contributed by atoms with E-state index in [1.807, 2.05) is 0 Å². The largest absolute Gasteiger partial charge is 0.394 e. The van der Waals surface area contributed by atoms with Gasteiger partial charge in [0, 0.05) is 6.42 Å². The fraction of sp³-hybridized carbons (Fsp3) is 0.861. The highest BCUT2D eigenvalue weighted by molar-refractivity contribution is 5.76. The number of unbranched alkanes of at least 4 members (excludes halogenated alkanes) is 36. The topological polar surface area (TPSA) is 307 Å². The molecule has 572 valence electrons. The van der Waals surface area contributed by atoms with Gasteiger partial charge in [-0.2, -0.15) is 0 Å². The summed E-state index contributed by atoms with van der Waals surface area (Å²) in [6, 6.07) is -0.885. The minimum Gasteiger partial charge on any atom is -0.394 e.